The van der Waals surface area contributed by atoms with Crippen molar-refractivity contribution in [2.45, 2.75) is 91.1 Å². The first kappa shape index (κ1) is 28.0. The summed E-state index contributed by atoms with van der Waals surface area (Å²) in [4.78, 5) is 31.0. The van der Waals surface area contributed by atoms with Crippen molar-refractivity contribution in [2.75, 3.05) is 17.2 Å². The number of benzene rings is 1. The van der Waals surface area contributed by atoms with Gasteiger partial charge in [-0.1, -0.05) is 20.3 Å². The molecule has 1 aliphatic carbocycles. The van der Waals surface area contributed by atoms with Crippen LogP contribution in [0.2, 0.25) is 0 Å². The Balaban J connectivity index is 1.99. The number of aromatic amines is 1. The first-order valence-corrected chi connectivity index (χ1v) is 14.8. The van der Waals surface area contributed by atoms with E-state index >= 15 is 0 Å². The van der Waals surface area contributed by atoms with E-state index in [0.717, 1.165) is 47.8 Å². The van der Waals surface area contributed by atoms with Crippen LogP contribution < -0.4 is 15.8 Å². The molecule has 2 aromatic rings. The number of anilines is 1. The molecule has 1 amide bonds. The van der Waals surface area contributed by atoms with Crippen molar-refractivity contribution in [3.05, 3.63) is 56.5 Å². The minimum absolute atomic E-state index is 0.0395. The fraction of sp³-hybridized carbons (Fsp3) is 0.571. The highest BCUT2D eigenvalue weighted by Crippen LogP contribution is 2.35. The molecule has 198 valence electrons. The van der Waals surface area contributed by atoms with E-state index in [-0.39, 0.29) is 28.7 Å². The molecule has 0 unspecified atom stereocenters. The summed E-state index contributed by atoms with van der Waals surface area (Å²) in [7, 11) is -3.53. The quantitative estimate of drug-likeness (QED) is 0.499. The molecule has 1 aromatic carbocycles. The highest BCUT2D eigenvalue weighted by Gasteiger charge is 2.28. The molecule has 36 heavy (non-hydrogen) atoms. The highest BCUT2D eigenvalue weighted by molar-refractivity contribution is 7.91. The average Bonchev–Trinajstić information content (AvgIpc) is 2.84. The zero-order valence-corrected chi connectivity index (χ0v) is 23.3. The summed E-state index contributed by atoms with van der Waals surface area (Å²) in [5.41, 5.74) is 3.73. The minimum Gasteiger partial charge on any atom is -0.369 e. The highest BCUT2D eigenvalue weighted by atomic mass is 32.2. The second-order valence-corrected chi connectivity index (χ2v) is 12.3. The summed E-state index contributed by atoms with van der Waals surface area (Å²) in [6, 6.07) is 5.42. The summed E-state index contributed by atoms with van der Waals surface area (Å²) in [6.45, 7) is 12.3. The topological polar surface area (TPSA) is 99.3 Å². The lowest BCUT2D eigenvalue weighted by atomic mass is 9.83. The van der Waals surface area contributed by atoms with Gasteiger partial charge in [-0.2, -0.15) is 0 Å². The molecule has 8 heteroatoms. The summed E-state index contributed by atoms with van der Waals surface area (Å²) in [5.74, 6) is 0.331. The third kappa shape index (κ3) is 6.02. The smallest absolute Gasteiger partial charge is 0.253 e. The van der Waals surface area contributed by atoms with E-state index in [4.69, 9.17) is 0 Å². The maximum absolute atomic E-state index is 13.4. The van der Waals surface area contributed by atoms with Crippen LogP contribution >= 0.6 is 0 Å². The molecule has 2 N–H and O–H groups in total. The van der Waals surface area contributed by atoms with Gasteiger partial charge in [-0.25, -0.2) is 8.42 Å². The number of hydrogen-bond donors (Lipinski definition) is 2. The van der Waals surface area contributed by atoms with Crippen LogP contribution in [0.4, 0.5) is 5.69 Å². The van der Waals surface area contributed by atoms with Crippen molar-refractivity contribution in [3.63, 3.8) is 0 Å². The number of nitrogens with one attached hydrogen (secondary N) is 2. The molecule has 1 saturated carbocycles. The Labute approximate surface area is 215 Å². The molecule has 0 bridgehead atoms. The number of pyridine rings is 1. The number of aryl methyl sites for hydroxylation is 2. The van der Waals surface area contributed by atoms with Gasteiger partial charge in [-0.3, -0.25) is 9.59 Å². The number of sulfone groups is 1. The number of rotatable bonds is 9. The van der Waals surface area contributed by atoms with Crippen LogP contribution in [0.15, 0.2) is 27.9 Å². The number of nitrogens with zero attached hydrogens (tertiary/aromatic N) is 1. The summed E-state index contributed by atoms with van der Waals surface area (Å²) >= 11 is 0. The molecule has 1 heterocycles. The van der Waals surface area contributed by atoms with Gasteiger partial charge in [-0.15, -0.1) is 0 Å². The number of carbonyl (C=O) groups excluding carboxylic acids is 1. The fourth-order valence-electron chi connectivity index (χ4n) is 5.41. The van der Waals surface area contributed by atoms with Gasteiger partial charge in [0.2, 0.25) is 0 Å². The summed E-state index contributed by atoms with van der Waals surface area (Å²) in [6.07, 6.45) is 5.65. The Hall–Kier alpha value is -2.61. The van der Waals surface area contributed by atoms with Crippen molar-refractivity contribution < 1.29 is 13.2 Å². The molecular weight excluding hydrogens is 474 g/mol. The lowest BCUT2D eigenvalue weighted by Crippen LogP contribution is -2.39. The van der Waals surface area contributed by atoms with Crippen LogP contribution in [0.25, 0.3) is 0 Å². The molecular formula is C28H41N3O4S. The number of amides is 1. The third-order valence-corrected chi connectivity index (χ3v) is 9.46. The average molecular weight is 516 g/mol. The van der Waals surface area contributed by atoms with Crippen LogP contribution in [0.5, 0.6) is 0 Å². The molecule has 1 aromatic heterocycles. The Bertz CT molecular complexity index is 1260. The maximum Gasteiger partial charge on any atom is 0.253 e. The zero-order chi connectivity index (χ0) is 26.6. The Morgan fingerprint density at radius 1 is 1.06 bits per heavy atom. The number of carbonyl (C=O) groups is 1. The predicted octanol–water partition coefficient (Wildman–Crippen LogP) is 4.82. The van der Waals surface area contributed by atoms with Gasteiger partial charge >= 0.3 is 0 Å². The van der Waals surface area contributed by atoms with Crippen LogP contribution in [-0.4, -0.2) is 37.6 Å². The van der Waals surface area contributed by atoms with Gasteiger partial charge in [0.15, 0.2) is 9.84 Å². The summed E-state index contributed by atoms with van der Waals surface area (Å²) < 4.78 is 25.8. The first-order valence-electron chi connectivity index (χ1n) is 13.1. The van der Waals surface area contributed by atoms with E-state index in [1.807, 2.05) is 26.8 Å². The van der Waals surface area contributed by atoms with E-state index in [2.05, 4.69) is 29.0 Å². The standard InChI is InChI=1S/C28H41N3O4S/c1-7-21-10-12-22(13-11-21)31(8-2)26-16-23(36(34,35)9-3)15-24(20(26)6)27(32)29-17-25-18(4)14-19(5)30-28(25)33/h14-16,21-22H,7-13,17H2,1-6H3,(H,29,32)(H,30,33). The van der Waals surface area contributed by atoms with Crippen molar-refractivity contribution in [1.29, 1.82) is 0 Å². The molecule has 0 spiro atoms. The van der Waals surface area contributed by atoms with Gasteiger partial charge in [0.1, 0.15) is 0 Å². The Morgan fingerprint density at radius 2 is 1.72 bits per heavy atom. The van der Waals surface area contributed by atoms with Crippen molar-refractivity contribution in [2.24, 2.45) is 5.92 Å². The van der Waals surface area contributed by atoms with Crippen molar-refractivity contribution in [1.82, 2.24) is 10.3 Å². The van der Waals surface area contributed by atoms with E-state index in [9.17, 15) is 18.0 Å². The summed E-state index contributed by atoms with van der Waals surface area (Å²) in [5, 5.41) is 2.86. The van der Waals surface area contributed by atoms with Crippen molar-refractivity contribution >= 4 is 21.4 Å². The van der Waals surface area contributed by atoms with Gasteiger partial charge in [0.25, 0.3) is 11.5 Å². The molecule has 1 aliphatic rings. The number of hydrogen-bond acceptors (Lipinski definition) is 5. The largest absolute Gasteiger partial charge is 0.369 e. The van der Waals surface area contributed by atoms with Gasteiger partial charge < -0.3 is 15.2 Å². The second kappa shape index (κ2) is 11.6. The maximum atomic E-state index is 13.4. The van der Waals surface area contributed by atoms with Crippen LogP contribution in [0.1, 0.15) is 85.6 Å². The van der Waals surface area contributed by atoms with Gasteiger partial charge in [0.05, 0.1) is 10.6 Å². The van der Waals surface area contributed by atoms with E-state index in [1.54, 1.807) is 13.0 Å². The Morgan fingerprint density at radius 3 is 2.28 bits per heavy atom. The first-order chi connectivity index (χ1) is 17.0. The molecule has 0 aliphatic heterocycles. The van der Waals surface area contributed by atoms with Crippen LogP contribution in [0.3, 0.4) is 0 Å². The SMILES string of the molecule is CCC1CCC(N(CC)c2cc(S(=O)(=O)CC)cc(C(=O)NCc3c(C)cc(C)[nH]c3=O)c2C)CC1. The van der Waals surface area contributed by atoms with Gasteiger partial charge in [0, 0.05) is 41.6 Å². The van der Waals surface area contributed by atoms with Crippen LogP contribution in [0, 0.1) is 26.7 Å². The third-order valence-electron chi connectivity index (χ3n) is 7.74. The number of aromatic nitrogens is 1. The predicted molar refractivity (Wildman–Crippen MR) is 146 cm³/mol. The van der Waals surface area contributed by atoms with Crippen LogP contribution in [-0.2, 0) is 16.4 Å². The lowest BCUT2D eigenvalue weighted by molar-refractivity contribution is 0.0950. The molecule has 0 saturated heterocycles. The molecule has 7 nitrogen and oxygen atoms in total. The molecule has 3 rings (SSSR count). The molecule has 0 radical (unpaired) electrons. The normalized spacial score (nSPS) is 18.2. The Kier molecular flexibility index (Phi) is 9.03. The van der Waals surface area contributed by atoms with E-state index in [1.165, 1.54) is 25.3 Å². The molecule has 0 atom stereocenters. The molecule has 1 fully saturated rings. The second-order valence-electron chi connectivity index (χ2n) is 10.0. The monoisotopic (exact) mass is 515 g/mol. The zero-order valence-electron chi connectivity index (χ0n) is 22.5. The van der Waals surface area contributed by atoms with E-state index in [0.29, 0.717) is 17.2 Å². The van der Waals surface area contributed by atoms with Crippen molar-refractivity contribution in [3.8, 4) is 0 Å². The minimum atomic E-state index is -3.53. The number of H-pyrrole nitrogens is 1. The van der Waals surface area contributed by atoms with E-state index < -0.39 is 9.84 Å². The fourth-order valence-corrected chi connectivity index (χ4v) is 6.33. The lowest BCUT2D eigenvalue weighted by Gasteiger charge is -2.39. The van der Waals surface area contributed by atoms with Gasteiger partial charge in [-0.05, 0) is 88.6 Å².